The lowest BCUT2D eigenvalue weighted by molar-refractivity contribution is 0.0949. The number of imidazole rings is 1. The highest BCUT2D eigenvalue weighted by atomic mass is 32.1. The monoisotopic (exact) mass is 354 g/mol. The van der Waals surface area contributed by atoms with Gasteiger partial charge in [-0.25, -0.2) is 9.97 Å². The Morgan fingerprint density at radius 2 is 2.20 bits per heavy atom. The van der Waals surface area contributed by atoms with Crippen LogP contribution in [0.5, 0.6) is 0 Å². The van der Waals surface area contributed by atoms with E-state index in [4.69, 9.17) is 0 Å². The molecule has 1 aliphatic rings. The largest absolute Gasteiger partial charge is 0.350 e. The second-order valence-corrected chi connectivity index (χ2v) is 6.66. The number of amides is 1. The van der Waals surface area contributed by atoms with Crippen LogP contribution in [0.3, 0.4) is 0 Å². The molecule has 0 aromatic carbocycles. The van der Waals surface area contributed by atoms with Crippen molar-refractivity contribution in [3.05, 3.63) is 53.3 Å². The molecule has 4 heterocycles. The van der Waals surface area contributed by atoms with Gasteiger partial charge in [-0.1, -0.05) is 0 Å². The number of fused-ring (bicyclic) bond motifs is 1. The van der Waals surface area contributed by atoms with Gasteiger partial charge in [0.15, 0.2) is 0 Å². The highest BCUT2D eigenvalue weighted by Crippen LogP contribution is 2.22. The minimum Gasteiger partial charge on any atom is -0.350 e. The maximum Gasteiger partial charge on any atom is 0.271 e. The normalized spacial score (nSPS) is 13.4. The van der Waals surface area contributed by atoms with Gasteiger partial charge >= 0.3 is 0 Å². The summed E-state index contributed by atoms with van der Waals surface area (Å²) >= 11 is 1.60. The second kappa shape index (κ2) is 7.12. The van der Waals surface area contributed by atoms with E-state index in [1.54, 1.807) is 23.7 Å². The van der Waals surface area contributed by atoms with Gasteiger partial charge in [0.05, 0.1) is 12.2 Å². The fraction of sp³-hybridized carbons (Fsp3) is 0.294. The first kappa shape index (κ1) is 15.9. The van der Waals surface area contributed by atoms with Gasteiger partial charge in [-0.3, -0.25) is 9.78 Å². The van der Waals surface area contributed by atoms with Crippen molar-refractivity contribution >= 4 is 17.2 Å². The summed E-state index contributed by atoms with van der Waals surface area (Å²) < 4.78 is 2.03. The van der Waals surface area contributed by atoms with Crippen LogP contribution < -0.4 is 10.6 Å². The standard InChI is InChI=1S/C17H18N6OS/c24-16(14-10-23-8-7-19-9-15(23)22-14)20-6-3-13-11-25-17(21-13)12-1-4-18-5-2-12/h1-2,4-5,10-11,19H,3,6-9H2,(H,20,24). The summed E-state index contributed by atoms with van der Waals surface area (Å²) in [7, 11) is 0. The van der Waals surface area contributed by atoms with Crippen molar-refractivity contribution in [3.63, 3.8) is 0 Å². The van der Waals surface area contributed by atoms with Gasteiger partial charge in [0.1, 0.15) is 16.5 Å². The zero-order chi connectivity index (χ0) is 17.1. The Labute approximate surface area is 149 Å². The lowest BCUT2D eigenvalue weighted by Gasteiger charge is -2.13. The minimum absolute atomic E-state index is 0.133. The molecule has 0 saturated heterocycles. The number of nitrogens with zero attached hydrogens (tertiary/aromatic N) is 4. The van der Waals surface area contributed by atoms with Crippen LogP contribution in [0.4, 0.5) is 0 Å². The van der Waals surface area contributed by atoms with Gasteiger partial charge in [0.2, 0.25) is 0 Å². The maximum atomic E-state index is 12.2. The van der Waals surface area contributed by atoms with Crippen LogP contribution in [0.2, 0.25) is 0 Å². The molecule has 0 aliphatic carbocycles. The Hall–Kier alpha value is -2.58. The third-order valence-corrected chi connectivity index (χ3v) is 4.99. The molecule has 0 unspecified atom stereocenters. The van der Waals surface area contributed by atoms with Crippen LogP contribution in [-0.4, -0.2) is 38.5 Å². The van der Waals surface area contributed by atoms with Crippen molar-refractivity contribution < 1.29 is 4.79 Å². The Morgan fingerprint density at radius 1 is 1.32 bits per heavy atom. The van der Waals surface area contributed by atoms with Crippen molar-refractivity contribution in [1.82, 2.24) is 30.2 Å². The number of carbonyl (C=O) groups excluding carboxylic acids is 1. The highest BCUT2D eigenvalue weighted by molar-refractivity contribution is 7.13. The van der Waals surface area contributed by atoms with Crippen molar-refractivity contribution in [1.29, 1.82) is 0 Å². The zero-order valence-electron chi connectivity index (χ0n) is 13.6. The third-order valence-electron chi connectivity index (χ3n) is 4.05. The number of carbonyl (C=O) groups is 1. The Bertz CT molecular complexity index is 849. The quantitative estimate of drug-likeness (QED) is 0.725. The summed E-state index contributed by atoms with van der Waals surface area (Å²) in [6, 6.07) is 3.89. The fourth-order valence-corrected chi connectivity index (χ4v) is 3.60. The smallest absolute Gasteiger partial charge is 0.271 e. The van der Waals surface area contributed by atoms with Gasteiger partial charge in [-0.05, 0) is 12.1 Å². The molecule has 1 amide bonds. The van der Waals surface area contributed by atoms with Gasteiger partial charge in [0, 0.05) is 55.6 Å². The molecular weight excluding hydrogens is 336 g/mol. The van der Waals surface area contributed by atoms with E-state index in [9.17, 15) is 4.79 Å². The van der Waals surface area contributed by atoms with Crippen molar-refractivity contribution in [2.75, 3.05) is 13.1 Å². The molecule has 0 atom stereocenters. The lowest BCUT2D eigenvalue weighted by atomic mass is 10.3. The average molecular weight is 354 g/mol. The molecule has 0 bridgehead atoms. The number of aromatic nitrogens is 4. The first-order chi connectivity index (χ1) is 12.3. The number of nitrogens with one attached hydrogen (secondary N) is 2. The fourth-order valence-electron chi connectivity index (χ4n) is 2.74. The van der Waals surface area contributed by atoms with Gasteiger partial charge in [-0.15, -0.1) is 11.3 Å². The number of rotatable bonds is 5. The molecule has 0 saturated carbocycles. The van der Waals surface area contributed by atoms with Crippen molar-refractivity contribution in [2.24, 2.45) is 0 Å². The van der Waals surface area contributed by atoms with E-state index < -0.39 is 0 Å². The number of pyridine rings is 1. The van der Waals surface area contributed by atoms with E-state index in [2.05, 4.69) is 25.6 Å². The molecule has 1 aliphatic heterocycles. The summed E-state index contributed by atoms with van der Waals surface area (Å²) in [6.45, 7) is 3.02. The molecule has 0 spiro atoms. The summed E-state index contributed by atoms with van der Waals surface area (Å²) in [5.74, 6) is 0.782. The first-order valence-corrected chi connectivity index (χ1v) is 9.07. The summed E-state index contributed by atoms with van der Waals surface area (Å²) in [5, 5.41) is 9.17. The maximum absolute atomic E-state index is 12.2. The van der Waals surface area contributed by atoms with Crippen LogP contribution in [-0.2, 0) is 19.5 Å². The van der Waals surface area contributed by atoms with Crippen LogP contribution in [0, 0.1) is 0 Å². The van der Waals surface area contributed by atoms with Crippen LogP contribution in [0.15, 0.2) is 36.1 Å². The molecule has 4 rings (SSSR count). The Kier molecular flexibility index (Phi) is 4.53. The van der Waals surface area contributed by atoms with Gasteiger partial charge in [0.25, 0.3) is 5.91 Å². The lowest BCUT2D eigenvalue weighted by Crippen LogP contribution is -2.27. The molecule has 3 aromatic rings. The predicted octanol–water partition coefficient (Wildman–Crippen LogP) is 1.48. The van der Waals surface area contributed by atoms with E-state index in [1.807, 2.05) is 28.3 Å². The van der Waals surface area contributed by atoms with E-state index in [0.29, 0.717) is 25.2 Å². The van der Waals surface area contributed by atoms with Crippen LogP contribution in [0.1, 0.15) is 22.0 Å². The predicted molar refractivity (Wildman–Crippen MR) is 95.3 cm³/mol. The molecule has 128 valence electrons. The topological polar surface area (TPSA) is 84.7 Å². The number of hydrogen-bond donors (Lipinski definition) is 2. The molecule has 0 radical (unpaired) electrons. The third kappa shape index (κ3) is 3.59. The minimum atomic E-state index is -0.133. The summed E-state index contributed by atoms with van der Waals surface area (Å²) in [6.07, 6.45) is 6.05. The average Bonchev–Trinajstić information content (AvgIpc) is 3.29. The van der Waals surface area contributed by atoms with E-state index in [-0.39, 0.29) is 5.91 Å². The van der Waals surface area contributed by atoms with E-state index in [0.717, 1.165) is 35.2 Å². The molecule has 3 aromatic heterocycles. The molecular formula is C17H18N6OS. The summed E-state index contributed by atoms with van der Waals surface area (Å²) in [5.41, 5.74) is 2.52. The van der Waals surface area contributed by atoms with E-state index in [1.165, 1.54) is 0 Å². The number of hydrogen-bond acceptors (Lipinski definition) is 6. The van der Waals surface area contributed by atoms with Crippen molar-refractivity contribution in [3.8, 4) is 10.6 Å². The molecule has 25 heavy (non-hydrogen) atoms. The molecule has 7 nitrogen and oxygen atoms in total. The zero-order valence-corrected chi connectivity index (χ0v) is 14.4. The van der Waals surface area contributed by atoms with Crippen LogP contribution in [0.25, 0.3) is 10.6 Å². The Balaban J connectivity index is 1.32. The number of thiazole rings is 1. The Morgan fingerprint density at radius 3 is 3.04 bits per heavy atom. The molecule has 0 fully saturated rings. The van der Waals surface area contributed by atoms with Gasteiger partial charge in [-0.2, -0.15) is 0 Å². The SMILES string of the molecule is O=C(NCCc1csc(-c2ccncc2)n1)c1cn2c(n1)CNCC2. The second-order valence-electron chi connectivity index (χ2n) is 5.80. The van der Waals surface area contributed by atoms with E-state index >= 15 is 0 Å². The van der Waals surface area contributed by atoms with Gasteiger partial charge < -0.3 is 15.2 Å². The highest BCUT2D eigenvalue weighted by Gasteiger charge is 2.16. The molecule has 2 N–H and O–H groups in total. The van der Waals surface area contributed by atoms with Crippen molar-refractivity contribution in [2.45, 2.75) is 19.5 Å². The molecule has 8 heteroatoms. The van der Waals surface area contributed by atoms with Crippen LogP contribution >= 0.6 is 11.3 Å². The first-order valence-electron chi connectivity index (χ1n) is 8.19. The summed E-state index contributed by atoms with van der Waals surface area (Å²) in [4.78, 5) is 25.3.